The van der Waals surface area contributed by atoms with Gasteiger partial charge in [-0.2, -0.15) is 0 Å². The molecular weight excluding hydrogens is 268 g/mol. The number of hydrogen-bond acceptors (Lipinski definition) is 2. The minimum Gasteiger partial charge on any atom is -0.508 e. The van der Waals surface area contributed by atoms with Crippen LogP contribution in [0.5, 0.6) is 5.75 Å². The highest BCUT2D eigenvalue weighted by Crippen LogP contribution is 2.30. The molecule has 16 heavy (non-hydrogen) atoms. The third kappa shape index (κ3) is 2.14. The Kier molecular flexibility index (Phi) is 3.06. The molecule has 0 spiro atoms. The van der Waals surface area contributed by atoms with Crippen LogP contribution in [0.15, 0.2) is 46.9 Å². The van der Waals surface area contributed by atoms with E-state index in [0.717, 1.165) is 21.9 Å². The van der Waals surface area contributed by atoms with Crippen LogP contribution in [-0.4, -0.2) is 11.4 Å². The minimum atomic E-state index is 0.209. The van der Waals surface area contributed by atoms with Gasteiger partial charge in [0.1, 0.15) is 12.0 Å². The summed E-state index contributed by atoms with van der Waals surface area (Å²) in [6, 6.07) is 12.3. The molecule has 80 valence electrons. The molecular formula is C13H9BrO2. The number of hydrogen-bond donors (Lipinski definition) is 1. The summed E-state index contributed by atoms with van der Waals surface area (Å²) in [5, 5.41) is 9.41. The van der Waals surface area contributed by atoms with Crippen LogP contribution in [0.3, 0.4) is 0 Å². The van der Waals surface area contributed by atoms with Gasteiger partial charge in [0.2, 0.25) is 0 Å². The normalized spacial score (nSPS) is 10.1. The Morgan fingerprint density at radius 3 is 2.62 bits per heavy atom. The molecule has 0 atom stereocenters. The molecule has 0 unspecified atom stereocenters. The smallest absolute Gasteiger partial charge is 0.150 e. The van der Waals surface area contributed by atoms with E-state index in [0.29, 0.717) is 5.56 Å². The van der Waals surface area contributed by atoms with Gasteiger partial charge in [-0.25, -0.2) is 0 Å². The van der Waals surface area contributed by atoms with Crippen LogP contribution < -0.4 is 0 Å². The first-order chi connectivity index (χ1) is 7.70. The van der Waals surface area contributed by atoms with Crippen LogP contribution in [0.4, 0.5) is 0 Å². The van der Waals surface area contributed by atoms with Gasteiger partial charge in [0, 0.05) is 10.0 Å². The fraction of sp³-hybridized carbons (Fsp3) is 0. The van der Waals surface area contributed by atoms with Crippen molar-refractivity contribution in [3.63, 3.8) is 0 Å². The molecule has 0 aliphatic carbocycles. The van der Waals surface area contributed by atoms with Gasteiger partial charge >= 0.3 is 0 Å². The first kappa shape index (κ1) is 10.9. The van der Waals surface area contributed by atoms with Crippen molar-refractivity contribution in [2.45, 2.75) is 0 Å². The Balaban J connectivity index is 2.58. The lowest BCUT2D eigenvalue weighted by Gasteiger charge is -2.06. The van der Waals surface area contributed by atoms with E-state index in [4.69, 9.17) is 0 Å². The van der Waals surface area contributed by atoms with Gasteiger partial charge < -0.3 is 5.11 Å². The standard InChI is InChI=1S/C13H9BrO2/c14-13-5-4-9(8-15)6-12(13)10-2-1-3-11(16)7-10/h1-8,16H. The van der Waals surface area contributed by atoms with Crippen LogP contribution in [-0.2, 0) is 0 Å². The Hall–Kier alpha value is -1.61. The maximum atomic E-state index is 10.7. The molecule has 0 saturated heterocycles. The average molecular weight is 277 g/mol. The largest absolute Gasteiger partial charge is 0.508 e. The zero-order valence-corrected chi connectivity index (χ0v) is 9.94. The average Bonchev–Trinajstić information content (AvgIpc) is 2.30. The van der Waals surface area contributed by atoms with Crippen LogP contribution in [0.2, 0.25) is 0 Å². The topological polar surface area (TPSA) is 37.3 Å². The fourth-order valence-corrected chi connectivity index (χ4v) is 1.99. The second-order valence-corrected chi connectivity index (χ2v) is 4.26. The van der Waals surface area contributed by atoms with Crippen LogP contribution in [0.25, 0.3) is 11.1 Å². The van der Waals surface area contributed by atoms with Gasteiger partial charge in [0.05, 0.1) is 0 Å². The van der Waals surface area contributed by atoms with Crippen LogP contribution in [0.1, 0.15) is 10.4 Å². The molecule has 0 aromatic heterocycles. The summed E-state index contributed by atoms with van der Waals surface area (Å²) in [5.41, 5.74) is 2.37. The van der Waals surface area contributed by atoms with Gasteiger partial charge in [-0.1, -0.05) is 34.1 Å². The van der Waals surface area contributed by atoms with Gasteiger partial charge in [-0.15, -0.1) is 0 Å². The first-order valence-corrected chi connectivity index (χ1v) is 5.54. The molecule has 0 bridgehead atoms. The van der Waals surface area contributed by atoms with E-state index in [1.807, 2.05) is 12.1 Å². The van der Waals surface area contributed by atoms with E-state index in [1.54, 1.807) is 30.3 Å². The zero-order chi connectivity index (χ0) is 11.5. The molecule has 0 saturated carbocycles. The number of carbonyl (C=O) groups is 1. The number of rotatable bonds is 2. The van der Waals surface area contributed by atoms with Crippen molar-refractivity contribution in [2.75, 3.05) is 0 Å². The Labute approximate surface area is 102 Å². The maximum Gasteiger partial charge on any atom is 0.150 e. The van der Waals surface area contributed by atoms with E-state index in [2.05, 4.69) is 15.9 Å². The van der Waals surface area contributed by atoms with Gasteiger partial charge in [-0.3, -0.25) is 4.79 Å². The number of halogens is 1. The van der Waals surface area contributed by atoms with Gasteiger partial charge in [-0.05, 0) is 35.4 Å². The Morgan fingerprint density at radius 2 is 1.94 bits per heavy atom. The molecule has 0 radical (unpaired) electrons. The van der Waals surface area contributed by atoms with Crippen molar-refractivity contribution in [1.82, 2.24) is 0 Å². The number of phenolic OH excluding ortho intramolecular Hbond substituents is 1. The van der Waals surface area contributed by atoms with Gasteiger partial charge in [0.25, 0.3) is 0 Å². The molecule has 2 aromatic rings. The molecule has 1 N–H and O–H groups in total. The summed E-state index contributed by atoms with van der Waals surface area (Å²) in [4.78, 5) is 10.7. The second-order valence-electron chi connectivity index (χ2n) is 3.41. The Bertz CT molecular complexity index is 535. The molecule has 0 heterocycles. The van der Waals surface area contributed by atoms with Crippen molar-refractivity contribution < 1.29 is 9.90 Å². The summed E-state index contributed by atoms with van der Waals surface area (Å²) in [7, 11) is 0. The lowest BCUT2D eigenvalue weighted by molar-refractivity contribution is 0.112. The Morgan fingerprint density at radius 1 is 1.12 bits per heavy atom. The number of aromatic hydroxyl groups is 1. The third-order valence-corrected chi connectivity index (χ3v) is 2.98. The number of benzene rings is 2. The number of aldehydes is 1. The molecule has 2 nitrogen and oxygen atoms in total. The summed E-state index contributed by atoms with van der Waals surface area (Å²) in [6.07, 6.45) is 0.804. The van der Waals surface area contributed by atoms with E-state index < -0.39 is 0 Å². The predicted molar refractivity (Wildman–Crippen MR) is 66.6 cm³/mol. The third-order valence-electron chi connectivity index (χ3n) is 2.28. The quantitative estimate of drug-likeness (QED) is 0.851. The molecule has 2 rings (SSSR count). The molecule has 0 fully saturated rings. The van der Waals surface area contributed by atoms with Crippen LogP contribution >= 0.6 is 15.9 Å². The summed E-state index contributed by atoms with van der Waals surface area (Å²) >= 11 is 3.42. The van der Waals surface area contributed by atoms with Crippen molar-refractivity contribution in [1.29, 1.82) is 0 Å². The number of carbonyl (C=O) groups excluding carboxylic acids is 1. The lowest BCUT2D eigenvalue weighted by Crippen LogP contribution is -1.84. The summed E-state index contributed by atoms with van der Waals surface area (Å²) in [5.74, 6) is 0.209. The highest BCUT2D eigenvalue weighted by molar-refractivity contribution is 9.10. The van der Waals surface area contributed by atoms with Crippen molar-refractivity contribution in [3.8, 4) is 16.9 Å². The minimum absolute atomic E-state index is 0.209. The van der Waals surface area contributed by atoms with E-state index in [-0.39, 0.29) is 5.75 Å². The van der Waals surface area contributed by atoms with Gasteiger partial charge in [0.15, 0.2) is 0 Å². The highest BCUT2D eigenvalue weighted by atomic mass is 79.9. The van der Waals surface area contributed by atoms with E-state index >= 15 is 0 Å². The van der Waals surface area contributed by atoms with E-state index in [1.165, 1.54) is 0 Å². The monoisotopic (exact) mass is 276 g/mol. The predicted octanol–water partition coefficient (Wildman–Crippen LogP) is 3.63. The SMILES string of the molecule is O=Cc1ccc(Br)c(-c2cccc(O)c2)c1. The first-order valence-electron chi connectivity index (χ1n) is 4.75. The molecule has 3 heteroatoms. The lowest BCUT2D eigenvalue weighted by atomic mass is 10.0. The molecule has 2 aromatic carbocycles. The molecule has 0 amide bonds. The van der Waals surface area contributed by atoms with Crippen molar-refractivity contribution in [2.24, 2.45) is 0 Å². The summed E-state index contributed by atoms with van der Waals surface area (Å²) < 4.78 is 0.892. The van der Waals surface area contributed by atoms with Crippen LogP contribution in [0, 0.1) is 0 Å². The maximum absolute atomic E-state index is 10.7. The second kappa shape index (κ2) is 4.49. The fourth-order valence-electron chi connectivity index (χ4n) is 1.51. The number of phenols is 1. The molecule has 0 aliphatic heterocycles. The highest BCUT2D eigenvalue weighted by Gasteiger charge is 2.04. The van der Waals surface area contributed by atoms with Crippen molar-refractivity contribution in [3.05, 3.63) is 52.5 Å². The van der Waals surface area contributed by atoms with E-state index in [9.17, 15) is 9.90 Å². The molecule has 0 aliphatic rings. The zero-order valence-electron chi connectivity index (χ0n) is 8.35. The summed E-state index contributed by atoms with van der Waals surface area (Å²) in [6.45, 7) is 0. The van der Waals surface area contributed by atoms with Crippen molar-refractivity contribution >= 4 is 22.2 Å².